The quantitative estimate of drug-likeness (QED) is 0.129. The molecule has 0 unspecified atom stereocenters. The number of rotatable bonds is 7. The molecule has 1 aromatic heterocycles. The van der Waals surface area contributed by atoms with E-state index in [2.05, 4.69) is 106 Å². The van der Waals surface area contributed by atoms with Crippen LogP contribution in [0.1, 0.15) is 0 Å². The SMILES string of the molecule is OC(Cn1ccn(CC(O)(C(F)(F)F)C(F)(F)F)[c]1=[Ni])(C(F)(F)F)C(F)(F)F.c1ccc(P(c2ccccc2)c2ccccc2)cc1. The van der Waals surface area contributed by atoms with Gasteiger partial charge in [-0.1, -0.05) is 91.0 Å². The van der Waals surface area contributed by atoms with Crippen LogP contribution in [0.2, 0.25) is 0 Å². The van der Waals surface area contributed by atoms with Gasteiger partial charge in [-0.15, -0.1) is 0 Å². The molecule has 1 heterocycles. The Kier molecular flexibility index (Phi) is 11.5. The van der Waals surface area contributed by atoms with Crippen molar-refractivity contribution in [3.63, 3.8) is 0 Å². The molecule has 0 spiro atoms. The Morgan fingerprint density at radius 1 is 0.468 bits per heavy atom. The fourth-order valence-electron chi connectivity index (χ4n) is 4.02. The summed E-state index contributed by atoms with van der Waals surface area (Å²) in [6, 6.07) is 32.3. The van der Waals surface area contributed by atoms with Gasteiger partial charge in [0.05, 0.1) is 0 Å². The molecule has 3 aromatic carbocycles. The van der Waals surface area contributed by atoms with Gasteiger partial charge in [0.15, 0.2) is 0 Å². The maximum absolute atomic E-state index is 12.6. The maximum atomic E-state index is 12.6. The van der Waals surface area contributed by atoms with Crippen LogP contribution in [0, 0.1) is 4.40 Å². The Morgan fingerprint density at radius 2 is 0.702 bits per heavy atom. The Labute approximate surface area is 267 Å². The van der Waals surface area contributed by atoms with E-state index in [0.717, 1.165) is 0 Å². The van der Waals surface area contributed by atoms with Gasteiger partial charge in [0.1, 0.15) is 0 Å². The minimum atomic E-state index is -6.30. The molecule has 0 aliphatic heterocycles. The first-order valence-corrected chi connectivity index (χ1v) is 14.7. The number of hydrogen-bond acceptors (Lipinski definition) is 2. The topological polar surface area (TPSA) is 50.3 Å². The van der Waals surface area contributed by atoms with Crippen molar-refractivity contribution in [2.24, 2.45) is 0 Å². The van der Waals surface area contributed by atoms with E-state index >= 15 is 0 Å². The first-order valence-electron chi connectivity index (χ1n) is 12.9. The summed E-state index contributed by atoms with van der Waals surface area (Å²) in [5, 5.41) is 22.3. The molecule has 0 amide bonds. The molecule has 0 atom stereocenters. The van der Waals surface area contributed by atoms with Crippen molar-refractivity contribution in [2.75, 3.05) is 0 Å². The van der Waals surface area contributed by atoms with Crippen LogP contribution in [0.4, 0.5) is 52.7 Å². The standard InChI is InChI=1S/C18H15P.C11H8F12N2O2.Ni/c1-4-10-16(11-5-1)19(17-12-6-2-7-13-17)18-14-8-3-9-15-18;12-8(13,14)6(26,9(15,16)17)3-24-1-2-25(5-24)4-7(27,10(18,19)20)11(21,22)23;/h1-15H;1-2,26-27H,3-4H2;. The largest absolute Gasteiger partial charge is 0.0622 e. The Hall–Kier alpha value is -3.13. The Morgan fingerprint density at radius 3 is 0.915 bits per heavy atom. The molecular formula is C29H23F12N2NiO2P. The monoisotopic (exact) mass is 748 g/mol. The number of alkyl halides is 12. The van der Waals surface area contributed by atoms with Gasteiger partial charge in [0, 0.05) is 0 Å². The van der Waals surface area contributed by atoms with Crippen molar-refractivity contribution in [3.05, 3.63) is 108 Å². The zero-order valence-electron chi connectivity index (χ0n) is 23.3. The predicted molar refractivity (Wildman–Crippen MR) is 145 cm³/mol. The van der Waals surface area contributed by atoms with Gasteiger partial charge >= 0.3 is 153 Å². The van der Waals surface area contributed by atoms with E-state index in [1.807, 2.05) is 0 Å². The van der Waals surface area contributed by atoms with E-state index in [4.69, 9.17) is 10.2 Å². The molecule has 0 saturated heterocycles. The van der Waals surface area contributed by atoms with E-state index in [1.54, 1.807) is 0 Å². The zero-order valence-corrected chi connectivity index (χ0v) is 25.2. The third-order valence-electron chi connectivity index (χ3n) is 6.58. The van der Waals surface area contributed by atoms with Gasteiger partial charge in [-0.2, -0.15) is 0 Å². The number of benzene rings is 3. The fourth-order valence-corrected chi connectivity index (χ4v) is 6.63. The third-order valence-corrected chi connectivity index (χ3v) is 9.59. The molecule has 0 fully saturated rings. The molecule has 4 nitrogen and oxygen atoms in total. The van der Waals surface area contributed by atoms with Crippen LogP contribution in [0.25, 0.3) is 0 Å². The van der Waals surface area contributed by atoms with Gasteiger partial charge in [-0.25, -0.2) is 0 Å². The van der Waals surface area contributed by atoms with Crippen LogP contribution in [-0.4, -0.2) is 55.3 Å². The molecule has 0 aliphatic carbocycles. The average molecular weight is 749 g/mol. The number of imidazole rings is 1. The van der Waals surface area contributed by atoms with Crippen LogP contribution in [0.15, 0.2) is 103 Å². The van der Waals surface area contributed by atoms with Crippen molar-refractivity contribution in [1.82, 2.24) is 9.13 Å². The van der Waals surface area contributed by atoms with Crippen molar-refractivity contribution in [3.8, 4) is 0 Å². The summed E-state index contributed by atoms with van der Waals surface area (Å²) >= 11 is 3.92. The smallest absolute Gasteiger partial charge is 0.0134 e. The van der Waals surface area contributed by atoms with E-state index in [9.17, 15) is 52.7 Å². The molecule has 0 radical (unpaired) electrons. The second kappa shape index (κ2) is 14.2. The number of aromatic nitrogens is 2. The minimum Gasteiger partial charge on any atom is -0.0622 e. The number of hydrogen-bond donors (Lipinski definition) is 2. The summed E-state index contributed by atoms with van der Waals surface area (Å²) in [5.41, 5.74) is -10.8. The van der Waals surface area contributed by atoms with Crippen molar-refractivity contribution in [1.29, 1.82) is 0 Å². The summed E-state index contributed by atoms with van der Waals surface area (Å²) in [7, 11) is -0.446. The normalized spacial score (nSPS) is 13.4. The molecular weight excluding hydrogens is 726 g/mol. The third kappa shape index (κ3) is 8.49. The molecule has 260 valence electrons. The molecule has 0 aliphatic rings. The van der Waals surface area contributed by atoms with E-state index in [-0.39, 0.29) is 21.5 Å². The Bertz CT molecular complexity index is 1450. The summed E-state index contributed by atoms with van der Waals surface area (Å²) in [6.07, 6.45) is -24.8. The molecule has 0 bridgehead atoms. The Balaban J connectivity index is 0.000000272. The molecule has 47 heavy (non-hydrogen) atoms. The van der Waals surface area contributed by atoms with Crippen molar-refractivity contribution in [2.45, 2.75) is 49.0 Å². The molecule has 18 heteroatoms. The van der Waals surface area contributed by atoms with Gasteiger partial charge in [0.25, 0.3) is 0 Å². The number of halogens is 12. The summed E-state index contributed by atoms with van der Waals surface area (Å²) in [6.45, 7) is -4.78. The minimum absolute atomic E-state index is 0.203. The zero-order chi connectivity index (χ0) is 35.5. The second-order valence-electron chi connectivity index (χ2n) is 9.85. The maximum Gasteiger partial charge on any atom is -0.0134 e. The molecule has 2 N–H and O–H groups in total. The fraction of sp³-hybridized carbons (Fsp3) is 0.276. The van der Waals surface area contributed by atoms with Gasteiger partial charge < -0.3 is 0 Å². The van der Waals surface area contributed by atoms with Crippen LogP contribution < -0.4 is 15.9 Å². The summed E-state index contributed by atoms with van der Waals surface area (Å²) in [5.74, 6) is 0. The summed E-state index contributed by atoms with van der Waals surface area (Å²) < 4.78 is 150. The number of nitrogens with zero attached hydrogens (tertiary/aromatic N) is 2. The molecule has 4 rings (SSSR count). The second-order valence-corrected chi connectivity index (χ2v) is 12.5. The molecule has 0 saturated carbocycles. The van der Waals surface area contributed by atoms with Crippen LogP contribution in [-0.2, 0) is 28.1 Å². The first kappa shape index (κ1) is 38.3. The van der Waals surface area contributed by atoms with E-state index in [1.165, 1.54) is 15.9 Å². The van der Waals surface area contributed by atoms with Crippen molar-refractivity contribution >= 4 is 23.8 Å². The van der Waals surface area contributed by atoms with Gasteiger partial charge in [0.2, 0.25) is 0 Å². The molecule has 4 aromatic rings. The van der Waals surface area contributed by atoms with Crippen molar-refractivity contribution < 1.29 is 77.9 Å². The number of aliphatic hydroxyl groups is 2. The van der Waals surface area contributed by atoms with Crippen LogP contribution in [0.5, 0.6) is 0 Å². The first-order chi connectivity index (χ1) is 21.5. The van der Waals surface area contributed by atoms with E-state index in [0.29, 0.717) is 0 Å². The van der Waals surface area contributed by atoms with Crippen LogP contribution in [0.3, 0.4) is 0 Å². The average Bonchev–Trinajstić information content (AvgIpc) is 3.30. The van der Waals surface area contributed by atoms with Gasteiger partial charge in [-0.3, -0.25) is 0 Å². The van der Waals surface area contributed by atoms with Crippen LogP contribution >= 0.6 is 7.92 Å². The van der Waals surface area contributed by atoms with Gasteiger partial charge in [-0.05, 0) is 23.8 Å². The predicted octanol–water partition coefficient (Wildman–Crippen LogP) is 6.52. The van der Waals surface area contributed by atoms with E-state index < -0.39 is 61.3 Å². The summed E-state index contributed by atoms with van der Waals surface area (Å²) in [4.78, 5) is 0.